The molecule has 2 aliphatic rings. The largest absolute Gasteiger partial charge is 0.341 e. The van der Waals surface area contributed by atoms with E-state index >= 15 is 0 Å². The number of urea groups is 1. The van der Waals surface area contributed by atoms with E-state index in [2.05, 4.69) is 26.7 Å². The van der Waals surface area contributed by atoms with Crippen molar-refractivity contribution < 1.29 is 9.59 Å². The lowest BCUT2D eigenvalue weighted by Crippen LogP contribution is -2.34. The number of thiophene rings is 1. The first kappa shape index (κ1) is 17.7. The Kier molecular flexibility index (Phi) is 4.24. The lowest BCUT2D eigenvalue weighted by molar-refractivity contribution is 0.0781. The van der Waals surface area contributed by atoms with Crippen LogP contribution in [0.25, 0.3) is 0 Å². The molecular formula is C20H20N6O2S. The summed E-state index contributed by atoms with van der Waals surface area (Å²) in [6, 6.07) is 11.3. The van der Waals surface area contributed by atoms with Crippen LogP contribution in [-0.4, -0.2) is 46.8 Å². The summed E-state index contributed by atoms with van der Waals surface area (Å²) in [6.45, 7) is 2.28. The molecule has 0 bridgehead atoms. The summed E-state index contributed by atoms with van der Waals surface area (Å²) in [5.74, 6) is 1.51. The minimum Gasteiger partial charge on any atom is -0.341 e. The predicted molar refractivity (Wildman–Crippen MR) is 113 cm³/mol. The van der Waals surface area contributed by atoms with Crippen molar-refractivity contribution in [2.45, 2.75) is 13.0 Å². The predicted octanol–water partition coefficient (Wildman–Crippen LogP) is 3.37. The second-order valence-corrected chi connectivity index (χ2v) is 8.08. The number of nitrogens with zero attached hydrogens (tertiary/aromatic N) is 4. The highest BCUT2D eigenvalue weighted by Crippen LogP contribution is 2.34. The first-order valence-corrected chi connectivity index (χ1v) is 10.3. The van der Waals surface area contributed by atoms with Crippen LogP contribution in [0, 0.1) is 0 Å². The van der Waals surface area contributed by atoms with Gasteiger partial charge in [-0.25, -0.2) is 9.48 Å². The van der Waals surface area contributed by atoms with Crippen molar-refractivity contribution in [1.82, 2.24) is 14.7 Å². The normalized spacial score (nSPS) is 15.3. The zero-order chi connectivity index (χ0) is 20.0. The molecule has 2 aliphatic heterocycles. The summed E-state index contributed by atoms with van der Waals surface area (Å²) >= 11 is 1.46. The number of likely N-dealkylation sites (N-methyl/N-ethyl adjacent to an activating group) is 1. The molecule has 3 aromatic rings. The Labute approximate surface area is 171 Å². The van der Waals surface area contributed by atoms with Crippen molar-refractivity contribution in [2.75, 3.05) is 35.7 Å². The van der Waals surface area contributed by atoms with Gasteiger partial charge in [-0.15, -0.1) is 11.3 Å². The molecule has 0 fully saturated rings. The van der Waals surface area contributed by atoms with Gasteiger partial charge in [0.05, 0.1) is 11.5 Å². The summed E-state index contributed by atoms with van der Waals surface area (Å²) < 4.78 is 1.89. The highest BCUT2D eigenvalue weighted by atomic mass is 32.1. The van der Waals surface area contributed by atoms with Crippen LogP contribution in [0.3, 0.4) is 0 Å². The van der Waals surface area contributed by atoms with E-state index in [0.717, 1.165) is 53.7 Å². The third-order valence-electron chi connectivity index (χ3n) is 5.26. The van der Waals surface area contributed by atoms with Gasteiger partial charge in [-0.1, -0.05) is 0 Å². The number of carbonyl (C=O) groups excluding carboxylic acids is 2. The number of benzene rings is 1. The summed E-state index contributed by atoms with van der Waals surface area (Å²) in [5, 5.41) is 12.8. The van der Waals surface area contributed by atoms with E-state index in [1.54, 1.807) is 4.90 Å². The van der Waals surface area contributed by atoms with E-state index in [0.29, 0.717) is 5.82 Å². The number of anilines is 4. The molecule has 0 spiro atoms. The van der Waals surface area contributed by atoms with Crippen LogP contribution in [0.5, 0.6) is 0 Å². The van der Waals surface area contributed by atoms with Gasteiger partial charge in [0.2, 0.25) is 0 Å². The summed E-state index contributed by atoms with van der Waals surface area (Å²) in [6.07, 6.45) is 0.855. The van der Waals surface area contributed by atoms with Crippen molar-refractivity contribution >= 4 is 45.6 Å². The number of aromatic nitrogens is 2. The average Bonchev–Trinajstić information content (AvgIpc) is 3.42. The minimum absolute atomic E-state index is 0.0764. The molecule has 8 nitrogen and oxygen atoms in total. The fourth-order valence-corrected chi connectivity index (χ4v) is 4.40. The third-order valence-corrected chi connectivity index (χ3v) is 6.05. The van der Waals surface area contributed by atoms with E-state index < -0.39 is 0 Å². The molecule has 0 saturated carbocycles. The lowest BCUT2D eigenvalue weighted by Gasteiger charge is -2.26. The molecule has 9 heteroatoms. The monoisotopic (exact) mass is 408 g/mol. The molecule has 0 unspecified atom stereocenters. The Hall–Kier alpha value is -3.33. The van der Waals surface area contributed by atoms with Gasteiger partial charge in [0.1, 0.15) is 5.82 Å². The number of nitrogens with one attached hydrogen (secondary N) is 2. The molecule has 1 aromatic carbocycles. The Morgan fingerprint density at radius 2 is 2.03 bits per heavy atom. The Balaban J connectivity index is 1.35. The maximum atomic E-state index is 12.3. The first-order valence-electron chi connectivity index (χ1n) is 9.44. The molecule has 2 aromatic heterocycles. The van der Waals surface area contributed by atoms with Gasteiger partial charge >= 0.3 is 6.03 Å². The minimum atomic E-state index is -0.313. The Morgan fingerprint density at radius 3 is 2.86 bits per heavy atom. The zero-order valence-corrected chi connectivity index (χ0v) is 16.7. The molecule has 5 rings (SSSR count). The van der Waals surface area contributed by atoms with Gasteiger partial charge < -0.3 is 9.80 Å². The van der Waals surface area contributed by atoms with E-state index in [-0.39, 0.29) is 11.9 Å². The maximum absolute atomic E-state index is 12.3. The van der Waals surface area contributed by atoms with Gasteiger partial charge in [0, 0.05) is 37.5 Å². The summed E-state index contributed by atoms with van der Waals surface area (Å²) in [7, 11) is 1.83. The van der Waals surface area contributed by atoms with Gasteiger partial charge in [-0.05, 0) is 47.7 Å². The van der Waals surface area contributed by atoms with Crippen LogP contribution in [0.2, 0.25) is 0 Å². The van der Waals surface area contributed by atoms with Crippen LogP contribution < -0.4 is 15.5 Å². The lowest BCUT2D eigenvalue weighted by atomic mass is 9.98. The van der Waals surface area contributed by atoms with Crippen molar-refractivity contribution in [3.05, 3.63) is 52.9 Å². The van der Waals surface area contributed by atoms with Crippen molar-refractivity contribution in [3.8, 4) is 0 Å². The van der Waals surface area contributed by atoms with Crippen LogP contribution >= 0.6 is 11.3 Å². The van der Waals surface area contributed by atoms with Gasteiger partial charge in [-0.2, -0.15) is 5.10 Å². The summed E-state index contributed by atoms with van der Waals surface area (Å²) in [5.41, 5.74) is 2.90. The molecule has 0 aliphatic carbocycles. The fraction of sp³-hybridized carbons (Fsp3) is 0.250. The topological polar surface area (TPSA) is 82.5 Å². The maximum Gasteiger partial charge on any atom is 0.325 e. The highest BCUT2D eigenvalue weighted by Gasteiger charge is 2.26. The number of hydrogen-bond acceptors (Lipinski definition) is 5. The van der Waals surface area contributed by atoms with Crippen LogP contribution in [0.1, 0.15) is 15.9 Å². The van der Waals surface area contributed by atoms with Gasteiger partial charge in [-0.3, -0.25) is 15.4 Å². The first-order chi connectivity index (χ1) is 14.1. The van der Waals surface area contributed by atoms with Gasteiger partial charge in [0.25, 0.3) is 5.91 Å². The number of fused-ring (bicyclic) bond motifs is 2. The number of hydrogen-bond donors (Lipinski definition) is 2. The van der Waals surface area contributed by atoms with Crippen molar-refractivity contribution in [1.29, 1.82) is 0 Å². The second-order valence-electron chi connectivity index (χ2n) is 7.14. The molecule has 0 radical (unpaired) electrons. The number of carbonyl (C=O) groups is 2. The molecule has 0 atom stereocenters. The number of amides is 3. The Morgan fingerprint density at radius 1 is 1.14 bits per heavy atom. The summed E-state index contributed by atoms with van der Waals surface area (Å²) in [4.78, 5) is 28.4. The molecule has 4 heterocycles. The van der Waals surface area contributed by atoms with E-state index in [1.165, 1.54) is 11.3 Å². The smallest absolute Gasteiger partial charge is 0.325 e. The van der Waals surface area contributed by atoms with Crippen LogP contribution in [0.4, 0.5) is 27.1 Å². The van der Waals surface area contributed by atoms with Crippen LogP contribution in [-0.2, 0) is 13.0 Å². The zero-order valence-electron chi connectivity index (χ0n) is 15.9. The van der Waals surface area contributed by atoms with E-state index in [1.807, 2.05) is 47.4 Å². The molecule has 29 heavy (non-hydrogen) atoms. The Bertz CT molecular complexity index is 1090. The van der Waals surface area contributed by atoms with Crippen LogP contribution in [0.15, 0.2) is 41.8 Å². The standard InChI is InChI=1S/C20H20N6O2S/c1-24-7-6-13-11-14(4-5-15(13)19(24)27)25-8-9-26-18(25)12-16(23-26)21-20(28)22-17-3-2-10-29-17/h2-5,10-12H,6-9H2,1H3,(H2,21,22,23,28). The second kappa shape index (κ2) is 6.93. The number of rotatable bonds is 3. The quantitative estimate of drug-likeness (QED) is 0.696. The highest BCUT2D eigenvalue weighted by molar-refractivity contribution is 7.14. The van der Waals surface area contributed by atoms with E-state index in [9.17, 15) is 9.59 Å². The third kappa shape index (κ3) is 3.23. The fourth-order valence-electron chi connectivity index (χ4n) is 3.79. The molecule has 0 saturated heterocycles. The van der Waals surface area contributed by atoms with Gasteiger partial charge in [0.15, 0.2) is 5.82 Å². The molecule has 148 valence electrons. The van der Waals surface area contributed by atoms with E-state index in [4.69, 9.17) is 0 Å². The molecular weight excluding hydrogens is 388 g/mol. The van der Waals surface area contributed by atoms with Crippen molar-refractivity contribution in [2.24, 2.45) is 0 Å². The SMILES string of the molecule is CN1CCc2cc(N3CCn4nc(NC(=O)Nc5cccs5)cc43)ccc2C1=O. The van der Waals surface area contributed by atoms with Crippen molar-refractivity contribution in [3.63, 3.8) is 0 Å². The molecule has 2 N–H and O–H groups in total. The average molecular weight is 408 g/mol. The molecule has 3 amide bonds.